The van der Waals surface area contributed by atoms with Crippen LogP contribution in [-0.4, -0.2) is 73.7 Å². The molecule has 0 saturated heterocycles. The first-order valence-corrected chi connectivity index (χ1v) is 14.4. The molecular formula is C24H44N4O5S2. The van der Waals surface area contributed by atoms with E-state index in [4.69, 9.17) is 15.2 Å². The molecule has 0 aliphatic heterocycles. The molecule has 0 fully saturated rings. The van der Waals surface area contributed by atoms with Crippen molar-refractivity contribution in [1.29, 1.82) is 0 Å². The maximum absolute atomic E-state index is 12.8. The van der Waals surface area contributed by atoms with Crippen molar-refractivity contribution in [2.45, 2.75) is 54.1 Å². The van der Waals surface area contributed by atoms with Crippen LogP contribution in [0.1, 0.15) is 58.3 Å². The van der Waals surface area contributed by atoms with Crippen LogP contribution in [0, 0.1) is 5.41 Å². The van der Waals surface area contributed by atoms with Gasteiger partial charge in [0.2, 0.25) is 5.91 Å². The number of pyridine rings is 1. The molecule has 1 atom stereocenters. The number of nitrogens with one attached hydrogen (secondary N) is 2. The fraction of sp³-hybridized carbons (Fsp3) is 0.667. The van der Waals surface area contributed by atoms with E-state index in [0.29, 0.717) is 13.1 Å². The van der Waals surface area contributed by atoms with Gasteiger partial charge in [-0.05, 0) is 12.1 Å². The summed E-state index contributed by atoms with van der Waals surface area (Å²) in [5.41, 5.74) is 4.88. The zero-order valence-electron chi connectivity index (χ0n) is 22.2. The standard InChI is InChI=1S/C20H32N4O5S2.2C2H6/c1-20(2,14-28-3)17(29-19(27)15-5-4-8-22-13-15)18(26)24-9-6-16(25)23-10-12-31-30-11-7-21;2*1-2/h4-5,8,13,17H,6-7,9-12,14,21H2,1-3H3,(H,23,25)(H,24,26);2*1-2H3/t17-;;/m0../s1. The van der Waals surface area contributed by atoms with Gasteiger partial charge in [0.15, 0.2) is 6.10 Å². The summed E-state index contributed by atoms with van der Waals surface area (Å²) in [4.78, 5) is 41.0. The first-order chi connectivity index (χ1) is 16.8. The lowest BCUT2D eigenvalue weighted by atomic mass is 9.86. The Balaban J connectivity index is 0. The highest BCUT2D eigenvalue weighted by Crippen LogP contribution is 2.25. The van der Waals surface area contributed by atoms with Gasteiger partial charge in [-0.1, -0.05) is 63.1 Å². The van der Waals surface area contributed by atoms with Crippen molar-refractivity contribution in [3.8, 4) is 0 Å². The summed E-state index contributed by atoms with van der Waals surface area (Å²) in [6.07, 6.45) is 1.94. The van der Waals surface area contributed by atoms with Crippen molar-refractivity contribution in [1.82, 2.24) is 15.6 Å². The Morgan fingerprint density at radius 1 is 1.09 bits per heavy atom. The minimum atomic E-state index is -1.10. The largest absolute Gasteiger partial charge is 0.448 e. The van der Waals surface area contributed by atoms with Crippen LogP contribution < -0.4 is 16.4 Å². The number of hydrogen-bond donors (Lipinski definition) is 3. The Hall–Kier alpha value is -1.82. The Morgan fingerprint density at radius 3 is 2.31 bits per heavy atom. The highest BCUT2D eigenvalue weighted by Gasteiger charge is 2.39. The van der Waals surface area contributed by atoms with Crippen LogP contribution in [-0.2, 0) is 19.1 Å². The van der Waals surface area contributed by atoms with Crippen LogP contribution in [0.4, 0.5) is 0 Å². The molecule has 0 aliphatic rings. The molecule has 1 aromatic heterocycles. The monoisotopic (exact) mass is 532 g/mol. The van der Waals surface area contributed by atoms with E-state index in [1.807, 2.05) is 27.7 Å². The minimum absolute atomic E-state index is 0.125. The Kier molecular flexibility index (Phi) is 22.9. The highest BCUT2D eigenvalue weighted by atomic mass is 33.1. The number of amides is 2. The number of hydrogen-bond acceptors (Lipinski definition) is 9. The fourth-order valence-corrected chi connectivity index (χ4v) is 4.32. The lowest BCUT2D eigenvalue weighted by molar-refractivity contribution is -0.138. The summed E-state index contributed by atoms with van der Waals surface area (Å²) in [6, 6.07) is 3.17. The van der Waals surface area contributed by atoms with E-state index < -0.39 is 23.4 Å². The third kappa shape index (κ3) is 16.5. The molecule has 9 nitrogen and oxygen atoms in total. The van der Waals surface area contributed by atoms with Gasteiger partial charge in [0.1, 0.15) is 0 Å². The molecule has 1 aromatic rings. The lowest BCUT2D eigenvalue weighted by Crippen LogP contribution is -2.49. The normalized spacial score (nSPS) is 11.1. The van der Waals surface area contributed by atoms with Gasteiger partial charge >= 0.3 is 5.97 Å². The second-order valence-corrected chi connectivity index (χ2v) is 9.97. The molecule has 0 saturated carbocycles. The van der Waals surface area contributed by atoms with Crippen molar-refractivity contribution in [3.63, 3.8) is 0 Å². The second-order valence-electron chi connectivity index (χ2n) is 7.27. The predicted molar refractivity (Wildman–Crippen MR) is 146 cm³/mol. The second kappa shape index (κ2) is 22.6. The summed E-state index contributed by atoms with van der Waals surface area (Å²) in [7, 11) is 4.83. The summed E-state index contributed by atoms with van der Waals surface area (Å²) < 4.78 is 10.7. The molecule has 0 unspecified atom stereocenters. The molecule has 0 aromatic carbocycles. The van der Waals surface area contributed by atoms with Gasteiger partial charge < -0.3 is 25.8 Å². The molecule has 0 bridgehead atoms. The van der Waals surface area contributed by atoms with Crippen LogP contribution in [0.2, 0.25) is 0 Å². The number of aromatic nitrogens is 1. The minimum Gasteiger partial charge on any atom is -0.448 e. The summed E-state index contributed by atoms with van der Waals surface area (Å²) >= 11 is 0. The Morgan fingerprint density at radius 2 is 1.74 bits per heavy atom. The smallest absolute Gasteiger partial charge is 0.340 e. The fourth-order valence-electron chi connectivity index (χ4n) is 2.55. The van der Waals surface area contributed by atoms with E-state index in [0.717, 1.165) is 11.5 Å². The maximum atomic E-state index is 12.8. The molecule has 0 aliphatic carbocycles. The molecule has 1 rings (SSSR count). The van der Waals surface area contributed by atoms with E-state index in [2.05, 4.69) is 15.6 Å². The number of ether oxygens (including phenoxy) is 2. The lowest BCUT2D eigenvalue weighted by Gasteiger charge is -2.32. The average molecular weight is 533 g/mol. The summed E-state index contributed by atoms with van der Waals surface area (Å²) in [5, 5.41) is 5.48. The molecule has 202 valence electrons. The van der Waals surface area contributed by atoms with Crippen molar-refractivity contribution < 1.29 is 23.9 Å². The van der Waals surface area contributed by atoms with E-state index in [-0.39, 0.29) is 31.0 Å². The zero-order valence-corrected chi connectivity index (χ0v) is 23.9. The number of carbonyl (C=O) groups excluding carboxylic acids is 3. The number of carbonyl (C=O) groups is 3. The van der Waals surface area contributed by atoms with Crippen LogP contribution in [0.25, 0.3) is 0 Å². The zero-order chi connectivity index (χ0) is 27.1. The van der Waals surface area contributed by atoms with Crippen molar-refractivity contribution >= 4 is 39.4 Å². The van der Waals surface area contributed by atoms with Crippen LogP contribution in [0.5, 0.6) is 0 Å². The third-order valence-corrected chi connectivity index (χ3v) is 6.47. The van der Waals surface area contributed by atoms with Gasteiger partial charge in [0.25, 0.3) is 5.91 Å². The van der Waals surface area contributed by atoms with Gasteiger partial charge in [-0.2, -0.15) is 0 Å². The quantitative estimate of drug-likeness (QED) is 0.177. The first kappa shape index (κ1) is 35.3. The van der Waals surface area contributed by atoms with E-state index in [1.165, 1.54) is 13.3 Å². The Bertz CT molecular complexity index is 694. The predicted octanol–water partition coefficient (Wildman–Crippen LogP) is 3.29. The first-order valence-electron chi connectivity index (χ1n) is 11.9. The average Bonchev–Trinajstić information content (AvgIpc) is 2.87. The van der Waals surface area contributed by atoms with Crippen molar-refractivity contribution in [3.05, 3.63) is 30.1 Å². The number of methoxy groups -OCH3 is 1. The van der Waals surface area contributed by atoms with Gasteiger partial charge in [-0.25, -0.2) is 4.79 Å². The SMILES string of the molecule is CC.CC.COCC(C)(C)[C@@H](OC(=O)c1cccnc1)C(=O)NCCC(=O)NCCSSCCN. The number of nitrogens with two attached hydrogens (primary N) is 1. The summed E-state index contributed by atoms with van der Waals surface area (Å²) in [6.45, 7) is 13.0. The maximum Gasteiger partial charge on any atom is 0.340 e. The molecule has 2 amide bonds. The molecule has 1 heterocycles. The number of nitrogens with zero attached hydrogens (tertiary/aromatic N) is 1. The molecule has 0 radical (unpaired) electrons. The van der Waals surface area contributed by atoms with Gasteiger partial charge in [-0.3, -0.25) is 14.6 Å². The summed E-state index contributed by atoms with van der Waals surface area (Å²) in [5.74, 6) is 0.350. The number of rotatable bonds is 15. The van der Waals surface area contributed by atoms with E-state index >= 15 is 0 Å². The molecule has 4 N–H and O–H groups in total. The molecule has 11 heteroatoms. The third-order valence-electron chi connectivity index (χ3n) is 4.03. The molecule has 35 heavy (non-hydrogen) atoms. The highest BCUT2D eigenvalue weighted by molar-refractivity contribution is 8.76. The van der Waals surface area contributed by atoms with Crippen LogP contribution in [0.15, 0.2) is 24.5 Å². The Labute approximate surface area is 218 Å². The van der Waals surface area contributed by atoms with Gasteiger partial charge in [0, 0.05) is 62.5 Å². The van der Waals surface area contributed by atoms with Gasteiger partial charge in [-0.15, -0.1) is 0 Å². The number of esters is 1. The van der Waals surface area contributed by atoms with Crippen molar-refractivity contribution in [2.24, 2.45) is 11.1 Å². The molecule has 0 spiro atoms. The molecular weight excluding hydrogens is 488 g/mol. The van der Waals surface area contributed by atoms with E-state index in [1.54, 1.807) is 53.8 Å². The van der Waals surface area contributed by atoms with Crippen LogP contribution in [0.3, 0.4) is 0 Å². The van der Waals surface area contributed by atoms with Gasteiger partial charge in [0.05, 0.1) is 12.2 Å². The van der Waals surface area contributed by atoms with E-state index in [9.17, 15) is 14.4 Å². The van der Waals surface area contributed by atoms with Crippen molar-refractivity contribution in [2.75, 3.05) is 44.9 Å². The van der Waals surface area contributed by atoms with Crippen LogP contribution >= 0.6 is 21.6 Å². The topological polar surface area (TPSA) is 133 Å².